The van der Waals surface area contributed by atoms with Crippen molar-refractivity contribution in [3.8, 4) is 46.0 Å². The Bertz CT molecular complexity index is 6250. The first-order chi connectivity index (χ1) is 62.2. The van der Waals surface area contributed by atoms with Gasteiger partial charge in [-0.05, 0) is 99.9 Å². The predicted octanol–water partition coefficient (Wildman–Crippen LogP) is 20.4. The van der Waals surface area contributed by atoms with Gasteiger partial charge in [0.2, 0.25) is 0 Å². The van der Waals surface area contributed by atoms with E-state index in [9.17, 15) is 0 Å². The van der Waals surface area contributed by atoms with Crippen LogP contribution in [0.4, 0.5) is 0 Å². The van der Waals surface area contributed by atoms with Crippen molar-refractivity contribution < 1.29 is 89.8 Å². The average molecular weight is 1810 g/mol. The topological polar surface area (TPSA) is 322 Å². The number of nitrogens with zero attached hydrogens (tertiary/aromatic N) is 16. The summed E-state index contributed by atoms with van der Waals surface area (Å²) in [7, 11) is 0. The molecular formula is C98H98N16Ni2O12. The summed E-state index contributed by atoms with van der Waals surface area (Å²) in [6.45, 7) is 20.5. The predicted molar refractivity (Wildman–Crippen MR) is 477 cm³/mol. The van der Waals surface area contributed by atoms with E-state index in [0.29, 0.717) is 232 Å². The van der Waals surface area contributed by atoms with Crippen LogP contribution < -0.4 is 57.8 Å². The van der Waals surface area contributed by atoms with Gasteiger partial charge in [0.15, 0.2) is 0 Å². The number of benzene rings is 4. The standard InChI is InChI=1S/C98H98N16O12.2Ni/c1-9-17-41-115-79-61-49-37-38-50(123-49)62(61)80(116-42-18-10-2)72-71(79)91-103-53-29-25-33-57(99-53)107-95-75-76(96(113-95)108-58-34-26-30-54(100-58)104-92(72)111-91)84(120-46-22-14-6)66-65(83(75)119-45-21-13-5)87-69-70(88(66)125-87)90-68-67(89(69)126-90)85(121-47-23-15-7)77-78(86(68)122-48-24-16-8)98-110-60-36-28-32-56(102-60)106-94-74-73(93(112-94)105-55-31-27-35-59(101-55)109-97(77)114-98)81(117-43-19-11-3)63-51-39-40-52(124-51)64(63)82(74)118-44-20-12-4;;/h25-40,49-52,69-70,87-90H,9-24,41-48H2,1-8H3;;/q-4;2*+2/t49-,50+,51+,52-,69?,70?,87-,88+,89+,90-;;. The number of unbranched alkanes of at least 4 members (excludes halogenated alkanes) is 8. The van der Waals surface area contributed by atoms with Crippen molar-refractivity contribution in [1.82, 2.24) is 79.7 Å². The van der Waals surface area contributed by atoms with E-state index in [4.69, 9.17) is 137 Å². The summed E-state index contributed by atoms with van der Waals surface area (Å²) in [5.41, 5.74) is 12.3. The summed E-state index contributed by atoms with van der Waals surface area (Å²) in [5, 5.41) is 4.97. The molecule has 2 unspecified atom stereocenters. The molecular weight excluding hydrogens is 1710 g/mol. The Morgan fingerprint density at radius 1 is 0.227 bits per heavy atom. The minimum atomic E-state index is -0.620. The van der Waals surface area contributed by atoms with Gasteiger partial charge in [0.1, 0.15) is 70.4 Å². The van der Waals surface area contributed by atoms with E-state index in [2.05, 4.69) is 79.7 Å². The molecule has 0 amide bonds. The zero-order valence-electron chi connectivity index (χ0n) is 72.7. The molecule has 2 saturated heterocycles. The smallest absolute Gasteiger partial charge is 0.492 e. The fourth-order valence-corrected chi connectivity index (χ4v) is 19.6. The third-order valence-electron chi connectivity index (χ3n) is 25.4. The number of ether oxygens (including phenoxy) is 12. The van der Waals surface area contributed by atoms with Crippen molar-refractivity contribution in [2.24, 2.45) is 11.8 Å². The van der Waals surface area contributed by atoms with Crippen LogP contribution >= 0.6 is 0 Å². The number of hydrogen-bond donors (Lipinski definition) is 0. The van der Waals surface area contributed by atoms with E-state index >= 15 is 0 Å². The summed E-state index contributed by atoms with van der Waals surface area (Å²) in [6.07, 6.45) is 17.9. The van der Waals surface area contributed by atoms with Gasteiger partial charge in [-0.3, -0.25) is 0 Å². The summed E-state index contributed by atoms with van der Waals surface area (Å²) in [6, 6.07) is 22.3. The van der Waals surface area contributed by atoms with Crippen LogP contribution in [0.2, 0.25) is 0 Å². The molecule has 4 aromatic carbocycles. The largest absolute Gasteiger partial charge is 2.00 e. The van der Waals surface area contributed by atoms with E-state index in [1.165, 1.54) is 0 Å². The molecule has 8 aliphatic rings. The molecule has 0 saturated carbocycles. The van der Waals surface area contributed by atoms with E-state index < -0.39 is 24.4 Å². The summed E-state index contributed by atoms with van der Waals surface area (Å²) >= 11 is 0. The average Bonchev–Trinajstić information content (AvgIpc) is 1.49. The van der Waals surface area contributed by atoms with Crippen LogP contribution in [0.3, 0.4) is 0 Å². The number of rotatable bonds is 32. The van der Waals surface area contributed by atoms with Crippen LogP contribution in [0, 0.1) is 11.8 Å². The maximum Gasteiger partial charge on any atom is 2.00 e. The van der Waals surface area contributed by atoms with Crippen molar-refractivity contribution in [3.63, 3.8) is 0 Å². The Morgan fingerprint density at radius 2 is 0.391 bits per heavy atom. The molecule has 662 valence electrons. The SMILES string of the molecule is CCCCOc1c2c(c(OCCCC)c3c4nc5cccc(n5)nc5[n-]c(nc6cccc(n6)nc([n-]4)c13)c1c(OCCCC)c3c(c(OCCCC)c51)[C@H]1O[C@@H]3C3C1[C@H]1O[C@@H]3c3c1c(OCCCC)c1c4nc5cccc(n5)nc5[n-]c(nc6cccc(n6)nc([n-]4)c1c3OCCCC)c1c(OCCCC)c3c(c(OCCCC)c51)[C@@H]1C=C[C@H]3O1)[C@H]1C=C[C@@H]2O1.[Ni+2].[Ni+2]. The van der Waals surface area contributed by atoms with Gasteiger partial charge in [-0.1, -0.05) is 155 Å². The van der Waals surface area contributed by atoms with Gasteiger partial charge in [0, 0.05) is 145 Å². The van der Waals surface area contributed by atoms with Crippen LogP contribution in [0.15, 0.2) is 97.1 Å². The molecule has 10 aromatic heterocycles. The molecule has 0 radical (unpaired) electrons. The van der Waals surface area contributed by atoms with Gasteiger partial charge in [0.25, 0.3) is 0 Å². The quantitative estimate of drug-likeness (QED) is 0.0215. The van der Waals surface area contributed by atoms with Gasteiger partial charge in [-0.2, -0.15) is 0 Å². The normalized spacial score (nSPS) is 20.0. The molecule has 28 nitrogen and oxygen atoms in total. The first kappa shape index (κ1) is 84.9. The Balaban J connectivity index is 0.00000514. The Morgan fingerprint density at radius 3 is 0.555 bits per heavy atom. The van der Waals surface area contributed by atoms with Crippen molar-refractivity contribution in [2.45, 2.75) is 207 Å². The molecule has 0 spiro atoms. The Labute approximate surface area is 757 Å². The minimum Gasteiger partial charge on any atom is -0.492 e. The fraction of sp³-hybridized carbons (Fsp3) is 0.429. The molecule has 18 heterocycles. The number of pyridine rings is 4. The summed E-state index contributed by atoms with van der Waals surface area (Å²) in [5.74, 6) is 4.20. The van der Waals surface area contributed by atoms with Crippen molar-refractivity contribution in [2.75, 3.05) is 52.9 Å². The molecule has 30 heteroatoms. The van der Waals surface area contributed by atoms with Crippen molar-refractivity contribution >= 4 is 133 Å². The van der Waals surface area contributed by atoms with Crippen molar-refractivity contribution in [3.05, 3.63) is 142 Å². The van der Waals surface area contributed by atoms with Crippen LogP contribution in [-0.2, 0) is 51.9 Å². The molecule has 24 bridgehead atoms. The van der Waals surface area contributed by atoms with Crippen molar-refractivity contribution in [1.29, 1.82) is 0 Å². The zero-order chi connectivity index (χ0) is 85.0. The number of aromatic nitrogens is 16. The van der Waals surface area contributed by atoms with Gasteiger partial charge < -0.3 is 117 Å². The van der Waals surface area contributed by atoms with Gasteiger partial charge in [-0.15, -0.1) is 0 Å². The van der Waals surface area contributed by atoms with E-state index in [-0.39, 0.29) is 69.2 Å². The van der Waals surface area contributed by atoms with Crippen LogP contribution in [-0.4, -0.2) is 113 Å². The minimum absolute atomic E-state index is 0. The summed E-state index contributed by atoms with van der Waals surface area (Å²) in [4.78, 5) is 85.7. The van der Waals surface area contributed by atoms with Gasteiger partial charge in [0.05, 0.1) is 122 Å². The second-order valence-electron chi connectivity index (χ2n) is 33.7. The van der Waals surface area contributed by atoms with E-state index in [1.54, 1.807) is 0 Å². The van der Waals surface area contributed by atoms with Crippen LogP contribution in [0.25, 0.3) is 133 Å². The zero-order valence-corrected chi connectivity index (χ0v) is 74.6. The molecule has 22 rings (SSSR count). The molecule has 2 fully saturated rings. The van der Waals surface area contributed by atoms with Crippen LogP contribution in [0.5, 0.6) is 46.0 Å². The first-order valence-corrected chi connectivity index (χ1v) is 45.6. The number of hydrogen-bond acceptors (Lipinski definition) is 24. The third kappa shape index (κ3) is 14.3. The Kier molecular flexibility index (Phi) is 23.6. The molecule has 0 aliphatic carbocycles. The van der Waals surface area contributed by atoms with Crippen LogP contribution in [0.1, 0.15) is 251 Å². The van der Waals surface area contributed by atoms with E-state index in [1.807, 2.05) is 72.8 Å². The van der Waals surface area contributed by atoms with Gasteiger partial charge >= 0.3 is 33.0 Å². The molecule has 14 aromatic rings. The molecule has 0 N–H and O–H groups in total. The maximum absolute atomic E-state index is 7.75. The number of fused-ring (bicyclic) bond motifs is 53. The molecule has 128 heavy (non-hydrogen) atoms. The maximum atomic E-state index is 7.75. The summed E-state index contributed by atoms with van der Waals surface area (Å²) < 4.78 is 86.1. The molecule has 8 aliphatic heterocycles. The fourth-order valence-electron chi connectivity index (χ4n) is 19.6. The second-order valence-corrected chi connectivity index (χ2v) is 33.7. The Hall–Kier alpha value is -11.3. The van der Waals surface area contributed by atoms with Gasteiger partial charge in [-0.25, -0.2) is 19.9 Å². The molecule has 10 atom stereocenters. The second kappa shape index (κ2) is 35.7. The van der Waals surface area contributed by atoms with E-state index in [0.717, 1.165) is 147 Å². The third-order valence-corrected chi connectivity index (χ3v) is 25.4. The first-order valence-electron chi connectivity index (χ1n) is 45.6. The monoisotopic (exact) mass is 1810 g/mol.